The second-order valence-corrected chi connectivity index (χ2v) is 6.65. The topological polar surface area (TPSA) is 3.24 Å². The van der Waals surface area contributed by atoms with E-state index in [1.807, 2.05) is 11.8 Å². The minimum absolute atomic E-state index is 0.195. The number of benzene rings is 3. The number of hydrogen-bond donors (Lipinski definition) is 0. The van der Waals surface area contributed by atoms with Crippen LogP contribution in [0, 0.1) is 0 Å². The quantitative estimate of drug-likeness (QED) is 0.573. The third-order valence-electron chi connectivity index (χ3n) is 4.08. The maximum absolute atomic E-state index is 4.40. The van der Waals surface area contributed by atoms with Gasteiger partial charge in [0.15, 0.2) is 0 Å². The number of hydrogen-bond acceptors (Lipinski definition) is 2. The van der Waals surface area contributed by atoms with Gasteiger partial charge in [0.2, 0.25) is 0 Å². The molecule has 0 fully saturated rings. The van der Waals surface area contributed by atoms with Gasteiger partial charge in [0.05, 0.1) is 0 Å². The molecule has 1 aliphatic rings. The van der Waals surface area contributed by atoms with Crippen LogP contribution in [-0.4, -0.2) is 0 Å². The van der Waals surface area contributed by atoms with Gasteiger partial charge in [-0.05, 0) is 23.8 Å². The molecule has 3 aromatic carbocycles. The van der Waals surface area contributed by atoms with Gasteiger partial charge in [0.1, 0.15) is 5.37 Å². The van der Waals surface area contributed by atoms with Crippen molar-refractivity contribution in [3.8, 4) is 0 Å². The molecule has 0 radical (unpaired) electrons. The maximum Gasteiger partial charge on any atom is 0.110 e. The Hall–Kier alpha value is -2.45. The van der Waals surface area contributed by atoms with Crippen LogP contribution in [0.3, 0.4) is 0 Å². The molecule has 3 aromatic rings. The highest BCUT2D eigenvalue weighted by Gasteiger charge is 2.31. The summed E-state index contributed by atoms with van der Waals surface area (Å²) in [6.07, 6.45) is 0. The Morgan fingerprint density at radius 1 is 0.739 bits per heavy atom. The molecule has 0 amide bonds. The molecule has 0 saturated carbocycles. The van der Waals surface area contributed by atoms with Gasteiger partial charge >= 0.3 is 0 Å². The fourth-order valence-corrected chi connectivity index (χ4v) is 4.32. The molecule has 1 heterocycles. The Bertz CT molecular complexity index is 827. The SMILES string of the molecule is C=C1c2ccccc2SC(c2ccccc2)N1c1ccccc1. The van der Waals surface area contributed by atoms with E-state index < -0.39 is 0 Å². The van der Waals surface area contributed by atoms with Gasteiger partial charge in [-0.15, -0.1) is 0 Å². The molecule has 1 aliphatic heterocycles. The highest BCUT2D eigenvalue weighted by Crippen LogP contribution is 2.50. The van der Waals surface area contributed by atoms with Crippen molar-refractivity contribution >= 4 is 23.1 Å². The standard InChI is InChI=1S/C21H17NS/c1-16-19-14-8-9-15-20(19)23-21(17-10-4-2-5-11-17)22(16)18-12-6-3-7-13-18/h2-15,21H,1H2. The van der Waals surface area contributed by atoms with Crippen LogP contribution in [0.1, 0.15) is 16.5 Å². The first-order valence-electron chi connectivity index (χ1n) is 7.69. The van der Waals surface area contributed by atoms with Gasteiger partial charge in [0, 0.05) is 21.8 Å². The summed E-state index contributed by atoms with van der Waals surface area (Å²) in [6, 6.07) is 29.7. The van der Waals surface area contributed by atoms with E-state index in [4.69, 9.17) is 0 Å². The van der Waals surface area contributed by atoms with Crippen molar-refractivity contribution in [1.82, 2.24) is 0 Å². The molecule has 0 aliphatic carbocycles. The zero-order chi connectivity index (χ0) is 15.6. The molecular weight excluding hydrogens is 298 g/mol. The average molecular weight is 315 g/mol. The van der Waals surface area contributed by atoms with Crippen molar-refractivity contribution in [1.29, 1.82) is 0 Å². The molecule has 23 heavy (non-hydrogen) atoms. The van der Waals surface area contributed by atoms with Crippen molar-refractivity contribution in [2.75, 3.05) is 4.90 Å². The Balaban J connectivity index is 1.87. The van der Waals surface area contributed by atoms with Crippen LogP contribution >= 0.6 is 11.8 Å². The van der Waals surface area contributed by atoms with Gasteiger partial charge < -0.3 is 4.90 Å². The van der Waals surface area contributed by atoms with E-state index in [9.17, 15) is 0 Å². The van der Waals surface area contributed by atoms with Crippen LogP contribution in [0.15, 0.2) is 96.4 Å². The Kier molecular flexibility index (Phi) is 3.68. The second kappa shape index (κ2) is 5.98. The highest BCUT2D eigenvalue weighted by molar-refractivity contribution is 7.99. The summed E-state index contributed by atoms with van der Waals surface area (Å²) < 4.78 is 0. The molecule has 112 valence electrons. The Labute approximate surface area is 141 Å². The van der Waals surface area contributed by atoms with Gasteiger partial charge in [-0.25, -0.2) is 0 Å². The molecule has 1 nitrogen and oxygen atoms in total. The summed E-state index contributed by atoms with van der Waals surface area (Å²) in [5.74, 6) is 0. The number of para-hydroxylation sites is 1. The van der Waals surface area contributed by atoms with Crippen LogP contribution in [0.25, 0.3) is 5.70 Å². The first-order chi connectivity index (χ1) is 11.3. The molecule has 4 rings (SSSR count). The summed E-state index contributed by atoms with van der Waals surface area (Å²) in [5.41, 5.74) is 4.73. The fourth-order valence-electron chi connectivity index (χ4n) is 2.97. The fraction of sp³-hybridized carbons (Fsp3) is 0.0476. The normalized spacial score (nSPS) is 17.0. The van der Waals surface area contributed by atoms with E-state index >= 15 is 0 Å². The predicted octanol–water partition coefficient (Wildman–Crippen LogP) is 5.97. The molecule has 0 N–H and O–H groups in total. The Morgan fingerprint density at radius 2 is 1.35 bits per heavy atom. The predicted molar refractivity (Wildman–Crippen MR) is 99.4 cm³/mol. The van der Waals surface area contributed by atoms with Gasteiger partial charge in [0.25, 0.3) is 0 Å². The van der Waals surface area contributed by atoms with Crippen LogP contribution in [-0.2, 0) is 0 Å². The molecule has 1 atom stereocenters. The first-order valence-corrected chi connectivity index (χ1v) is 8.57. The van der Waals surface area contributed by atoms with Crippen molar-refractivity contribution in [2.45, 2.75) is 10.3 Å². The number of anilines is 1. The number of thioether (sulfide) groups is 1. The summed E-state index contributed by atoms with van der Waals surface area (Å²) in [4.78, 5) is 3.63. The summed E-state index contributed by atoms with van der Waals surface area (Å²) in [6.45, 7) is 4.40. The molecule has 0 saturated heterocycles. The van der Waals surface area contributed by atoms with E-state index in [0.717, 1.165) is 5.70 Å². The Morgan fingerprint density at radius 3 is 2.09 bits per heavy atom. The van der Waals surface area contributed by atoms with E-state index in [-0.39, 0.29) is 5.37 Å². The molecule has 2 heteroatoms. The van der Waals surface area contributed by atoms with Crippen LogP contribution < -0.4 is 4.90 Å². The van der Waals surface area contributed by atoms with E-state index in [1.165, 1.54) is 21.7 Å². The lowest BCUT2D eigenvalue weighted by Gasteiger charge is -2.39. The minimum Gasteiger partial charge on any atom is -0.324 e. The number of fused-ring (bicyclic) bond motifs is 1. The van der Waals surface area contributed by atoms with Crippen molar-refractivity contribution in [3.63, 3.8) is 0 Å². The lowest BCUT2D eigenvalue weighted by molar-refractivity contribution is 0.936. The molecule has 0 spiro atoms. The molecule has 0 bridgehead atoms. The third kappa shape index (κ3) is 2.55. The largest absolute Gasteiger partial charge is 0.324 e. The monoisotopic (exact) mass is 315 g/mol. The van der Waals surface area contributed by atoms with Crippen LogP contribution in [0.5, 0.6) is 0 Å². The van der Waals surface area contributed by atoms with E-state index in [1.54, 1.807) is 0 Å². The zero-order valence-corrected chi connectivity index (χ0v) is 13.5. The highest BCUT2D eigenvalue weighted by atomic mass is 32.2. The van der Waals surface area contributed by atoms with Crippen molar-refractivity contribution in [2.24, 2.45) is 0 Å². The van der Waals surface area contributed by atoms with E-state index in [0.29, 0.717) is 0 Å². The van der Waals surface area contributed by atoms with Gasteiger partial charge in [-0.3, -0.25) is 0 Å². The minimum atomic E-state index is 0.195. The molecular formula is C21H17NS. The molecule has 0 aromatic heterocycles. The van der Waals surface area contributed by atoms with Crippen molar-refractivity contribution in [3.05, 3.63) is 103 Å². The second-order valence-electron chi connectivity index (χ2n) is 5.53. The third-order valence-corrected chi connectivity index (χ3v) is 5.40. The summed E-state index contributed by atoms with van der Waals surface area (Å²) in [7, 11) is 0. The van der Waals surface area contributed by atoms with Crippen LogP contribution in [0.4, 0.5) is 5.69 Å². The lowest BCUT2D eigenvalue weighted by atomic mass is 10.1. The summed E-state index contributed by atoms with van der Waals surface area (Å²) >= 11 is 1.88. The van der Waals surface area contributed by atoms with E-state index in [2.05, 4.69) is 96.4 Å². The van der Waals surface area contributed by atoms with Gasteiger partial charge in [-0.2, -0.15) is 0 Å². The summed E-state index contributed by atoms with van der Waals surface area (Å²) in [5, 5.41) is 0.195. The first kappa shape index (κ1) is 14.2. The number of nitrogens with zero attached hydrogens (tertiary/aromatic N) is 1. The van der Waals surface area contributed by atoms with Gasteiger partial charge in [-0.1, -0.05) is 85.1 Å². The average Bonchev–Trinajstić information content (AvgIpc) is 2.63. The zero-order valence-electron chi connectivity index (χ0n) is 12.7. The van der Waals surface area contributed by atoms with Crippen LogP contribution in [0.2, 0.25) is 0 Å². The lowest BCUT2D eigenvalue weighted by Crippen LogP contribution is -2.28. The number of rotatable bonds is 2. The van der Waals surface area contributed by atoms with Crippen molar-refractivity contribution < 1.29 is 0 Å². The maximum atomic E-state index is 4.40. The molecule has 1 unspecified atom stereocenters. The smallest absolute Gasteiger partial charge is 0.110 e.